The van der Waals surface area contributed by atoms with Crippen LogP contribution in [0.25, 0.3) is 0 Å². The highest BCUT2D eigenvalue weighted by Crippen LogP contribution is 2.14. The van der Waals surface area contributed by atoms with Crippen LogP contribution in [0.15, 0.2) is 12.7 Å². The lowest BCUT2D eigenvalue weighted by molar-refractivity contribution is -0.116. The van der Waals surface area contributed by atoms with Crippen molar-refractivity contribution in [3.8, 4) is 0 Å². The molecule has 0 aromatic carbocycles. The topological polar surface area (TPSA) is 38.3 Å². The maximum absolute atomic E-state index is 10.9. The van der Waals surface area contributed by atoms with E-state index in [0.29, 0.717) is 0 Å². The minimum atomic E-state index is -1.46. The van der Waals surface area contributed by atoms with Gasteiger partial charge in [0.2, 0.25) is 5.91 Å². The molecule has 15 heavy (non-hydrogen) atoms. The van der Waals surface area contributed by atoms with Gasteiger partial charge in [0, 0.05) is 6.54 Å². The number of hydrogen-bond acceptors (Lipinski definition) is 2. The summed E-state index contributed by atoms with van der Waals surface area (Å²) in [4.78, 5) is 10.9. The lowest BCUT2D eigenvalue weighted by Crippen LogP contribution is -2.36. The van der Waals surface area contributed by atoms with Gasteiger partial charge in [0.1, 0.15) is 0 Å². The average molecular weight is 245 g/mol. The summed E-state index contributed by atoms with van der Waals surface area (Å²) in [6.45, 7) is 13.0. The first kappa shape index (κ1) is 14.6. The van der Waals surface area contributed by atoms with Gasteiger partial charge in [0.15, 0.2) is 17.4 Å². The lowest BCUT2D eigenvalue weighted by Gasteiger charge is -2.25. The summed E-state index contributed by atoms with van der Waals surface area (Å²) in [5.41, 5.74) is 0. The average Bonchev–Trinajstić information content (AvgIpc) is 2.10. The second-order valence-electron chi connectivity index (χ2n) is 4.53. The Balaban J connectivity index is 3.65. The Morgan fingerprint density at radius 1 is 1.53 bits per heavy atom. The van der Waals surface area contributed by atoms with Crippen molar-refractivity contribution < 1.29 is 8.91 Å². The molecule has 0 radical (unpaired) electrons. The molecule has 0 spiro atoms. The van der Waals surface area contributed by atoms with Crippen LogP contribution in [0.1, 0.15) is 6.42 Å². The van der Waals surface area contributed by atoms with Crippen molar-refractivity contribution in [2.75, 3.05) is 6.54 Å². The van der Waals surface area contributed by atoms with E-state index in [0.717, 1.165) is 19.0 Å². The molecule has 0 fully saturated rings. The van der Waals surface area contributed by atoms with Gasteiger partial charge in [-0.3, -0.25) is 4.79 Å². The van der Waals surface area contributed by atoms with Gasteiger partial charge in [0.05, 0.1) is 0 Å². The van der Waals surface area contributed by atoms with E-state index >= 15 is 0 Å². The van der Waals surface area contributed by atoms with Crippen molar-refractivity contribution in [1.82, 2.24) is 5.32 Å². The number of rotatable bonds is 7. The Hall–Kier alpha value is -0.396. The summed E-state index contributed by atoms with van der Waals surface area (Å²) in [5.74, 6) is -0.0892. The third kappa shape index (κ3) is 8.59. The van der Waals surface area contributed by atoms with E-state index in [1.54, 1.807) is 0 Å². The van der Waals surface area contributed by atoms with Crippen LogP contribution in [0.5, 0.6) is 0 Å². The van der Waals surface area contributed by atoms with E-state index in [1.807, 2.05) is 0 Å². The summed E-state index contributed by atoms with van der Waals surface area (Å²) in [5, 5.41) is 2.78. The predicted molar refractivity (Wildman–Crippen MR) is 70.1 cm³/mol. The van der Waals surface area contributed by atoms with Gasteiger partial charge in [-0.2, -0.15) is 0 Å². The van der Waals surface area contributed by atoms with Crippen LogP contribution >= 0.6 is 0 Å². The van der Waals surface area contributed by atoms with Gasteiger partial charge in [0.25, 0.3) is 0 Å². The summed E-state index contributed by atoms with van der Waals surface area (Å²) in [7, 11) is -2.38. The molecular formula is C10H23NO2Si2. The SMILES string of the molecule is C=CC(=O)NCCC[Si](C)(C)O[SiH](C)C. The molecule has 0 saturated heterocycles. The largest absolute Gasteiger partial charge is 0.458 e. The van der Waals surface area contributed by atoms with Crippen LogP contribution in [0.4, 0.5) is 0 Å². The van der Waals surface area contributed by atoms with Crippen LogP contribution in [0.2, 0.25) is 32.2 Å². The molecule has 0 rings (SSSR count). The Labute approximate surface area is 95.8 Å². The number of amides is 1. The zero-order chi connectivity index (χ0) is 11.9. The summed E-state index contributed by atoms with van der Waals surface area (Å²) in [6, 6.07) is 1.11. The smallest absolute Gasteiger partial charge is 0.243 e. The molecule has 0 unspecified atom stereocenters. The normalized spacial score (nSPS) is 11.5. The molecule has 1 amide bonds. The zero-order valence-electron chi connectivity index (χ0n) is 10.3. The standard InChI is InChI=1S/C10H23NO2Si2/c1-6-10(12)11-8-7-9-15(4,5)13-14(2)3/h6,14H,1,7-9H2,2-5H3,(H,11,12). The highest BCUT2D eigenvalue weighted by atomic mass is 28.4. The molecule has 0 heterocycles. The maximum Gasteiger partial charge on any atom is 0.243 e. The van der Waals surface area contributed by atoms with Crippen LogP contribution < -0.4 is 5.32 Å². The Morgan fingerprint density at radius 2 is 2.13 bits per heavy atom. The minimum Gasteiger partial charge on any atom is -0.458 e. The van der Waals surface area contributed by atoms with E-state index < -0.39 is 17.4 Å². The van der Waals surface area contributed by atoms with Gasteiger partial charge in [-0.15, -0.1) is 0 Å². The van der Waals surface area contributed by atoms with Crippen molar-refractivity contribution in [3.63, 3.8) is 0 Å². The molecule has 88 valence electrons. The summed E-state index contributed by atoms with van der Waals surface area (Å²) in [6.07, 6.45) is 2.31. The van der Waals surface area contributed by atoms with Crippen molar-refractivity contribution in [3.05, 3.63) is 12.7 Å². The molecular weight excluding hydrogens is 222 g/mol. The maximum atomic E-state index is 10.9. The fraction of sp³-hybridized carbons (Fsp3) is 0.700. The predicted octanol–water partition coefficient (Wildman–Crippen LogP) is 1.88. The highest BCUT2D eigenvalue weighted by Gasteiger charge is 2.22. The number of carbonyl (C=O) groups is 1. The summed E-state index contributed by atoms with van der Waals surface area (Å²) >= 11 is 0. The second-order valence-corrected chi connectivity index (χ2v) is 11.6. The molecule has 0 aromatic rings. The quantitative estimate of drug-likeness (QED) is 0.422. The fourth-order valence-electron chi connectivity index (χ4n) is 1.49. The Kier molecular flexibility index (Phi) is 6.79. The molecule has 0 aromatic heterocycles. The minimum absolute atomic E-state index is 0.0892. The van der Waals surface area contributed by atoms with Gasteiger partial charge in [-0.25, -0.2) is 0 Å². The van der Waals surface area contributed by atoms with E-state index in [9.17, 15) is 4.79 Å². The number of hydrogen-bond donors (Lipinski definition) is 1. The summed E-state index contributed by atoms with van der Waals surface area (Å²) < 4.78 is 6.02. The zero-order valence-corrected chi connectivity index (χ0v) is 12.5. The van der Waals surface area contributed by atoms with E-state index in [-0.39, 0.29) is 5.91 Å². The molecule has 0 aliphatic heterocycles. The van der Waals surface area contributed by atoms with E-state index in [2.05, 4.69) is 38.1 Å². The van der Waals surface area contributed by atoms with Gasteiger partial charge in [-0.1, -0.05) is 6.58 Å². The van der Waals surface area contributed by atoms with Gasteiger partial charge in [-0.05, 0) is 44.7 Å². The lowest BCUT2D eigenvalue weighted by atomic mass is 10.4. The van der Waals surface area contributed by atoms with Gasteiger partial charge >= 0.3 is 0 Å². The second kappa shape index (κ2) is 6.97. The van der Waals surface area contributed by atoms with Crippen LogP contribution in [0, 0.1) is 0 Å². The number of nitrogens with one attached hydrogen (secondary N) is 1. The molecule has 0 bridgehead atoms. The molecule has 3 nitrogen and oxygen atoms in total. The van der Waals surface area contributed by atoms with Crippen LogP contribution in [0.3, 0.4) is 0 Å². The molecule has 0 atom stereocenters. The van der Waals surface area contributed by atoms with Crippen molar-refractivity contribution in [2.45, 2.75) is 38.7 Å². The Bertz CT molecular complexity index is 217. The van der Waals surface area contributed by atoms with Crippen molar-refractivity contribution >= 4 is 23.3 Å². The first-order chi connectivity index (χ1) is 6.87. The van der Waals surface area contributed by atoms with E-state index in [4.69, 9.17) is 4.12 Å². The van der Waals surface area contributed by atoms with Crippen LogP contribution in [-0.2, 0) is 8.91 Å². The van der Waals surface area contributed by atoms with E-state index in [1.165, 1.54) is 6.08 Å². The van der Waals surface area contributed by atoms with Crippen LogP contribution in [-0.4, -0.2) is 29.8 Å². The number of carbonyl (C=O) groups excluding carboxylic acids is 1. The first-order valence-electron chi connectivity index (χ1n) is 5.45. The van der Waals surface area contributed by atoms with Crippen molar-refractivity contribution in [1.29, 1.82) is 0 Å². The first-order valence-corrected chi connectivity index (χ1v) is 11.3. The molecule has 0 aliphatic carbocycles. The molecule has 0 aliphatic rings. The monoisotopic (exact) mass is 245 g/mol. The fourth-order valence-corrected chi connectivity index (χ4v) is 8.10. The third-order valence-corrected chi connectivity index (χ3v) is 7.99. The molecule has 1 N–H and O–H groups in total. The molecule has 5 heteroatoms. The Morgan fingerprint density at radius 3 is 2.60 bits per heavy atom. The van der Waals surface area contributed by atoms with Gasteiger partial charge < -0.3 is 9.43 Å². The molecule has 0 saturated carbocycles. The third-order valence-electron chi connectivity index (χ3n) is 1.99. The highest BCUT2D eigenvalue weighted by molar-refractivity contribution is 6.77. The van der Waals surface area contributed by atoms with Crippen molar-refractivity contribution in [2.24, 2.45) is 0 Å².